The van der Waals surface area contributed by atoms with Gasteiger partial charge in [-0.05, 0) is 73.4 Å². The number of carbonyl (C=O) groups is 3. The van der Waals surface area contributed by atoms with Crippen LogP contribution in [0.2, 0.25) is 0 Å². The van der Waals surface area contributed by atoms with Gasteiger partial charge in [0, 0.05) is 25.0 Å². The summed E-state index contributed by atoms with van der Waals surface area (Å²) in [5, 5.41) is 0. The molecule has 0 aromatic heterocycles. The standard InChI is InChI=1S/C34H36O7/c1-5-31(35)39-24-21-26-9-16-30(17-10-26)41-32(36)20-11-25-7-12-27(13-8-25)28-14-18-29(19-15-28)38-22-6-23-40-33(37)34(2,3)4/h5,7-20H,1,6,21-24H2,2-4H3/b20-11+. The van der Waals surface area contributed by atoms with Gasteiger partial charge < -0.3 is 18.9 Å². The summed E-state index contributed by atoms with van der Waals surface area (Å²) in [5.41, 5.74) is 3.38. The number of rotatable bonds is 13. The van der Waals surface area contributed by atoms with Gasteiger partial charge in [-0.25, -0.2) is 9.59 Å². The molecule has 7 heteroatoms. The summed E-state index contributed by atoms with van der Waals surface area (Å²) in [5.74, 6) is 0.0247. The summed E-state index contributed by atoms with van der Waals surface area (Å²) in [6.07, 6.45) is 5.38. The van der Waals surface area contributed by atoms with E-state index in [9.17, 15) is 14.4 Å². The van der Waals surface area contributed by atoms with E-state index in [4.69, 9.17) is 18.9 Å². The largest absolute Gasteiger partial charge is 0.493 e. The minimum atomic E-state index is -0.501. The van der Waals surface area contributed by atoms with Gasteiger partial charge in [-0.3, -0.25) is 4.79 Å². The van der Waals surface area contributed by atoms with Crippen molar-refractivity contribution in [2.75, 3.05) is 19.8 Å². The van der Waals surface area contributed by atoms with Gasteiger partial charge >= 0.3 is 17.9 Å². The van der Waals surface area contributed by atoms with Crippen LogP contribution in [0.4, 0.5) is 0 Å². The van der Waals surface area contributed by atoms with Crippen molar-refractivity contribution in [3.8, 4) is 22.6 Å². The van der Waals surface area contributed by atoms with Crippen molar-refractivity contribution >= 4 is 24.0 Å². The average molecular weight is 557 g/mol. The van der Waals surface area contributed by atoms with Gasteiger partial charge in [-0.2, -0.15) is 0 Å². The SMILES string of the molecule is C=CC(=O)OCCc1ccc(OC(=O)/C=C/c2ccc(-c3ccc(OCCCOC(=O)C(C)(C)C)cc3)cc2)cc1. The molecule has 0 spiro atoms. The van der Waals surface area contributed by atoms with Gasteiger partial charge in [0.25, 0.3) is 0 Å². The molecule has 0 radical (unpaired) electrons. The van der Waals surface area contributed by atoms with Crippen LogP contribution in [0.1, 0.15) is 38.3 Å². The van der Waals surface area contributed by atoms with Crippen molar-refractivity contribution in [1.82, 2.24) is 0 Å². The van der Waals surface area contributed by atoms with Crippen LogP contribution in [0.5, 0.6) is 11.5 Å². The Labute approximate surface area is 241 Å². The summed E-state index contributed by atoms with van der Waals surface area (Å²) in [4.78, 5) is 35.1. The van der Waals surface area contributed by atoms with Crippen molar-refractivity contribution < 1.29 is 33.3 Å². The number of hydrogen-bond acceptors (Lipinski definition) is 7. The Morgan fingerprint density at radius 2 is 1.34 bits per heavy atom. The first kappa shape index (κ1) is 30.9. The van der Waals surface area contributed by atoms with Crippen LogP contribution in [0.15, 0.2) is 91.5 Å². The fourth-order valence-electron chi connectivity index (χ4n) is 3.53. The molecular weight excluding hydrogens is 520 g/mol. The first-order valence-corrected chi connectivity index (χ1v) is 13.4. The molecule has 0 heterocycles. The Morgan fingerprint density at radius 3 is 1.95 bits per heavy atom. The van der Waals surface area contributed by atoms with Crippen molar-refractivity contribution in [2.45, 2.75) is 33.6 Å². The first-order chi connectivity index (χ1) is 19.6. The van der Waals surface area contributed by atoms with E-state index >= 15 is 0 Å². The summed E-state index contributed by atoms with van der Waals surface area (Å²) in [6, 6.07) is 22.6. The molecule has 0 aliphatic heterocycles. The van der Waals surface area contributed by atoms with E-state index in [2.05, 4.69) is 6.58 Å². The molecule has 3 aromatic carbocycles. The highest BCUT2D eigenvalue weighted by Crippen LogP contribution is 2.23. The Hall–Kier alpha value is -4.65. The lowest BCUT2D eigenvalue weighted by Gasteiger charge is -2.16. The summed E-state index contributed by atoms with van der Waals surface area (Å²) in [6.45, 7) is 9.88. The molecule has 3 rings (SSSR count). The van der Waals surface area contributed by atoms with Crippen molar-refractivity contribution in [3.05, 3.63) is 103 Å². The molecule has 0 aliphatic carbocycles. The van der Waals surface area contributed by atoms with E-state index in [-0.39, 0.29) is 12.6 Å². The van der Waals surface area contributed by atoms with E-state index in [1.807, 2.05) is 81.4 Å². The molecule has 0 N–H and O–H groups in total. The summed E-state index contributed by atoms with van der Waals surface area (Å²) in [7, 11) is 0. The third-order valence-corrected chi connectivity index (χ3v) is 5.86. The second-order valence-corrected chi connectivity index (χ2v) is 10.3. The maximum atomic E-state index is 12.2. The Bertz CT molecular complexity index is 1330. The molecule has 3 aromatic rings. The minimum absolute atomic E-state index is 0.214. The predicted molar refractivity (Wildman–Crippen MR) is 158 cm³/mol. The fourth-order valence-corrected chi connectivity index (χ4v) is 3.53. The monoisotopic (exact) mass is 556 g/mol. The van der Waals surface area contributed by atoms with Gasteiger partial charge in [0.1, 0.15) is 11.5 Å². The lowest BCUT2D eigenvalue weighted by molar-refractivity contribution is -0.153. The molecule has 0 bridgehead atoms. The molecule has 214 valence electrons. The summed E-state index contributed by atoms with van der Waals surface area (Å²) >= 11 is 0. The smallest absolute Gasteiger partial charge is 0.336 e. The average Bonchev–Trinajstić information content (AvgIpc) is 2.96. The van der Waals surface area contributed by atoms with Gasteiger partial charge in [0.15, 0.2) is 0 Å². The van der Waals surface area contributed by atoms with Crippen molar-refractivity contribution in [2.24, 2.45) is 5.41 Å². The molecule has 7 nitrogen and oxygen atoms in total. The van der Waals surface area contributed by atoms with Crippen LogP contribution in [0.25, 0.3) is 17.2 Å². The van der Waals surface area contributed by atoms with Crippen LogP contribution in [-0.2, 0) is 30.3 Å². The fraction of sp³-hybridized carbons (Fsp3) is 0.265. The molecule has 0 aliphatic rings. The lowest BCUT2D eigenvalue weighted by atomic mass is 9.97. The lowest BCUT2D eigenvalue weighted by Crippen LogP contribution is -2.23. The van der Waals surface area contributed by atoms with E-state index < -0.39 is 17.4 Å². The van der Waals surface area contributed by atoms with Crippen LogP contribution in [0.3, 0.4) is 0 Å². The minimum Gasteiger partial charge on any atom is -0.493 e. The maximum Gasteiger partial charge on any atom is 0.336 e. The number of benzene rings is 3. The van der Waals surface area contributed by atoms with Crippen molar-refractivity contribution in [1.29, 1.82) is 0 Å². The topological polar surface area (TPSA) is 88.1 Å². The highest BCUT2D eigenvalue weighted by molar-refractivity contribution is 5.88. The molecule has 41 heavy (non-hydrogen) atoms. The Kier molecular flexibility index (Phi) is 11.5. The first-order valence-electron chi connectivity index (χ1n) is 13.4. The number of ether oxygens (including phenoxy) is 4. The summed E-state index contributed by atoms with van der Waals surface area (Å²) < 4.78 is 21.3. The Morgan fingerprint density at radius 1 is 0.732 bits per heavy atom. The van der Waals surface area contributed by atoms with Crippen LogP contribution in [-0.4, -0.2) is 37.7 Å². The number of esters is 3. The third kappa shape index (κ3) is 10.8. The van der Waals surface area contributed by atoms with E-state index in [0.29, 0.717) is 31.8 Å². The predicted octanol–water partition coefficient (Wildman–Crippen LogP) is 6.60. The van der Waals surface area contributed by atoms with E-state index in [1.54, 1.807) is 18.2 Å². The maximum absolute atomic E-state index is 12.2. The molecular formula is C34H36O7. The molecule has 0 fully saturated rings. The molecule has 0 saturated heterocycles. The van der Waals surface area contributed by atoms with Gasteiger partial charge in [0.2, 0.25) is 0 Å². The molecule has 0 amide bonds. The number of carbonyl (C=O) groups excluding carboxylic acids is 3. The highest BCUT2D eigenvalue weighted by Gasteiger charge is 2.22. The third-order valence-electron chi connectivity index (χ3n) is 5.86. The van der Waals surface area contributed by atoms with Crippen LogP contribution in [0, 0.1) is 5.41 Å². The van der Waals surface area contributed by atoms with Crippen molar-refractivity contribution in [3.63, 3.8) is 0 Å². The van der Waals surface area contributed by atoms with Gasteiger partial charge in [-0.1, -0.05) is 55.1 Å². The molecule has 0 unspecified atom stereocenters. The molecule has 0 atom stereocenters. The van der Waals surface area contributed by atoms with Gasteiger partial charge in [-0.15, -0.1) is 0 Å². The zero-order chi connectivity index (χ0) is 29.7. The quantitative estimate of drug-likeness (QED) is 0.101. The van der Waals surface area contributed by atoms with E-state index in [1.165, 1.54) is 6.08 Å². The normalized spacial score (nSPS) is 11.1. The number of hydrogen-bond donors (Lipinski definition) is 0. The van der Waals surface area contributed by atoms with Gasteiger partial charge in [0.05, 0.1) is 25.2 Å². The zero-order valence-electron chi connectivity index (χ0n) is 23.8. The Balaban J connectivity index is 1.42. The van der Waals surface area contributed by atoms with Crippen LogP contribution < -0.4 is 9.47 Å². The zero-order valence-corrected chi connectivity index (χ0v) is 23.8. The second kappa shape index (κ2) is 15.2. The molecule has 0 saturated carbocycles. The highest BCUT2D eigenvalue weighted by atomic mass is 16.5. The van der Waals surface area contributed by atoms with Crippen LogP contribution >= 0.6 is 0 Å². The second-order valence-electron chi connectivity index (χ2n) is 10.3. The van der Waals surface area contributed by atoms with E-state index in [0.717, 1.165) is 34.1 Å².